The van der Waals surface area contributed by atoms with E-state index in [0.717, 1.165) is 18.7 Å². The Bertz CT molecular complexity index is 985. The molecule has 0 bridgehead atoms. The number of halogens is 3. The highest BCUT2D eigenvalue weighted by molar-refractivity contribution is 7.11. The first-order valence-electron chi connectivity index (χ1n) is 11.0. The van der Waals surface area contributed by atoms with E-state index in [4.69, 9.17) is 16.3 Å². The van der Waals surface area contributed by atoms with Gasteiger partial charge in [-0.1, -0.05) is 25.4 Å². The van der Waals surface area contributed by atoms with Crippen LogP contribution in [0.5, 0.6) is 5.88 Å². The number of aliphatic hydroxyl groups excluding tert-OH is 1. The van der Waals surface area contributed by atoms with E-state index in [1.807, 2.05) is 0 Å². The molecule has 1 heterocycles. The lowest BCUT2D eigenvalue weighted by atomic mass is 10.1. The number of carbonyl (C=O) groups is 2. The molecule has 2 amide bonds. The summed E-state index contributed by atoms with van der Waals surface area (Å²) in [6.07, 6.45) is 1.44. The molecule has 0 spiro atoms. The van der Waals surface area contributed by atoms with E-state index in [9.17, 15) is 28.6 Å². The van der Waals surface area contributed by atoms with Crippen LogP contribution in [0.4, 0.5) is 18.6 Å². The van der Waals surface area contributed by atoms with Crippen molar-refractivity contribution in [3.63, 3.8) is 0 Å². The number of anilines is 1. The Balaban J connectivity index is 1.82. The minimum absolute atomic E-state index is 0.0892. The maximum Gasteiger partial charge on any atom is 0.344 e. The number of ether oxygens (including phenoxy) is 1. The monoisotopic (exact) mass is 534 g/mol. The van der Waals surface area contributed by atoms with Crippen LogP contribution in [0.25, 0.3) is 0 Å². The zero-order valence-corrected chi connectivity index (χ0v) is 20.9. The highest BCUT2D eigenvalue weighted by atomic mass is 35.5. The van der Waals surface area contributed by atoms with Crippen LogP contribution in [0.3, 0.4) is 0 Å². The standard InChI is InChI=1S/C22H29ClF2N4O5S/c1-12(2)9-26-10-14(30)5-3-4-6-27-22(33)28-20-18(21(31)32)19(29-35-20)34-11-15-16(24)7-13(23)8-17(15)25/h7-8,12,14,26,30H,3-6,9-11H2,1-2H3,(H,31,32)(H2,27,28,33). The van der Waals surface area contributed by atoms with Crippen LogP contribution in [-0.2, 0) is 6.61 Å². The summed E-state index contributed by atoms with van der Waals surface area (Å²) in [5, 5.41) is 27.4. The fraction of sp³-hybridized carbons (Fsp3) is 0.500. The van der Waals surface area contributed by atoms with Crippen molar-refractivity contribution in [2.75, 3.05) is 25.0 Å². The minimum Gasteiger partial charge on any atom is -0.477 e. The Morgan fingerprint density at radius 2 is 1.89 bits per heavy atom. The van der Waals surface area contributed by atoms with Gasteiger partial charge in [-0.3, -0.25) is 5.32 Å². The van der Waals surface area contributed by atoms with Crippen molar-refractivity contribution < 1.29 is 33.3 Å². The molecule has 1 atom stereocenters. The summed E-state index contributed by atoms with van der Waals surface area (Å²) in [6, 6.07) is 1.17. The van der Waals surface area contributed by atoms with Crippen LogP contribution in [-0.4, -0.2) is 52.3 Å². The lowest BCUT2D eigenvalue weighted by Crippen LogP contribution is -2.31. The van der Waals surface area contributed by atoms with Crippen LogP contribution >= 0.6 is 23.1 Å². The summed E-state index contributed by atoms with van der Waals surface area (Å²) in [5.41, 5.74) is -0.872. The number of rotatable bonds is 14. The summed E-state index contributed by atoms with van der Waals surface area (Å²) >= 11 is 6.24. The van der Waals surface area contributed by atoms with Gasteiger partial charge in [-0.25, -0.2) is 18.4 Å². The van der Waals surface area contributed by atoms with E-state index in [1.54, 1.807) is 0 Å². The number of carbonyl (C=O) groups excluding carboxylic acids is 1. The van der Waals surface area contributed by atoms with Crippen LogP contribution < -0.4 is 20.7 Å². The molecular formula is C22H29ClF2N4O5S. The Morgan fingerprint density at radius 1 is 1.20 bits per heavy atom. The fourth-order valence-electron chi connectivity index (χ4n) is 2.99. The number of carboxylic acids is 1. The van der Waals surface area contributed by atoms with E-state index in [1.165, 1.54) is 0 Å². The number of aliphatic hydroxyl groups is 1. The van der Waals surface area contributed by atoms with Crippen LogP contribution in [0.1, 0.15) is 49.0 Å². The van der Waals surface area contributed by atoms with E-state index in [-0.39, 0.29) is 15.9 Å². The number of benzene rings is 1. The van der Waals surface area contributed by atoms with Gasteiger partial charge in [0, 0.05) is 18.1 Å². The maximum absolute atomic E-state index is 13.9. The van der Waals surface area contributed by atoms with Crippen molar-refractivity contribution >= 4 is 40.1 Å². The third kappa shape index (κ3) is 9.55. The predicted octanol–water partition coefficient (Wildman–Crippen LogP) is 4.25. The second-order valence-corrected chi connectivity index (χ2v) is 9.43. The van der Waals surface area contributed by atoms with Gasteiger partial charge < -0.3 is 25.6 Å². The summed E-state index contributed by atoms with van der Waals surface area (Å²) in [4.78, 5) is 23.8. The zero-order valence-electron chi connectivity index (χ0n) is 19.4. The van der Waals surface area contributed by atoms with Crippen molar-refractivity contribution in [2.24, 2.45) is 5.92 Å². The van der Waals surface area contributed by atoms with E-state index < -0.39 is 47.5 Å². The number of amides is 2. The molecule has 2 rings (SSSR count). The smallest absolute Gasteiger partial charge is 0.344 e. The lowest BCUT2D eigenvalue weighted by molar-refractivity contribution is 0.0693. The molecular weight excluding hydrogens is 506 g/mol. The van der Waals surface area contributed by atoms with Gasteiger partial charge >= 0.3 is 12.0 Å². The first-order chi connectivity index (χ1) is 16.6. The average Bonchev–Trinajstić information content (AvgIpc) is 3.15. The Hall–Kier alpha value is -2.54. The van der Waals surface area contributed by atoms with Gasteiger partial charge in [0.15, 0.2) is 5.56 Å². The predicted molar refractivity (Wildman–Crippen MR) is 129 cm³/mol. The number of hydrogen-bond donors (Lipinski definition) is 5. The van der Waals surface area contributed by atoms with Crippen molar-refractivity contribution in [1.29, 1.82) is 0 Å². The van der Waals surface area contributed by atoms with Gasteiger partial charge in [-0.05, 0) is 55.4 Å². The van der Waals surface area contributed by atoms with Gasteiger partial charge in [0.1, 0.15) is 23.2 Å². The van der Waals surface area contributed by atoms with Crippen molar-refractivity contribution in [3.8, 4) is 5.88 Å². The average molecular weight is 535 g/mol. The zero-order chi connectivity index (χ0) is 26.0. The summed E-state index contributed by atoms with van der Waals surface area (Å²) < 4.78 is 36.9. The Kier molecular flexibility index (Phi) is 11.6. The van der Waals surface area contributed by atoms with Gasteiger partial charge in [0.2, 0.25) is 5.88 Å². The number of aromatic nitrogens is 1. The molecule has 1 aromatic carbocycles. The van der Waals surface area contributed by atoms with Crippen molar-refractivity contribution in [2.45, 2.75) is 45.8 Å². The Labute approximate surface area is 211 Å². The minimum atomic E-state index is -1.43. The molecule has 0 saturated carbocycles. The number of nitrogens with zero attached hydrogens (tertiary/aromatic N) is 1. The molecule has 1 unspecified atom stereocenters. The topological polar surface area (TPSA) is 133 Å². The highest BCUT2D eigenvalue weighted by Gasteiger charge is 2.24. The van der Waals surface area contributed by atoms with Crippen LogP contribution in [0, 0.1) is 17.6 Å². The van der Waals surface area contributed by atoms with Gasteiger partial charge in [-0.15, -0.1) is 0 Å². The molecule has 0 fully saturated rings. The maximum atomic E-state index is 13.9. The van der Waals surface area contributed by atoms with Gasteiger partial charge in [-0.2, -0.15) is 4.37 Å². The van der Waals surface area contributed by atoms with Crippen molar-refractivity contribution in [1.82, 2.24) is 15.0 Å². The molecule has 35 heavy (non-hydrogen) atoms. The second kappa shape index (κ2) is 14.1. The largest absolute Gasteiger partial charge is 0.477 e. The molecule has 5 N–H and O–H groups in total. The number of nitrogens with one attached hydrogen (secondary N) is 3. The highest BCUT2D eigenvalue weighted by Crippen LogP contribution is 2.31. The Morgan fingerprint density at radius 3 is 2.51 bits per heavy atom. The molecule has 0 aliphatic heterocycles. The quantitative estimate of drug-likeness (QED) is 0.229. The lowest BCUT2D eigenvalue weighted by Gasteiger charge is -2.13. The number of unbranched alkanes of at least 4 members (excludes halogenated alkanes) is 1. The normalized spacial score (nSPS) is 12.0. The summed E-state index contributed by atoms with van der Waals surface area (Å²) in [6.45, 7) is 5.20. The van der Waals surface area contributed by atoms with Crippen LogP contribution in [0.15, 0.2) is 12.1 Å². The van der Waals surface area contributed by atoms with E-state index in [0.29, 0.717) is 49.8 Å². The molecule has 0 radical (unpaired) electrons. The summed E-state index contributed by atoms with van der Waals surface area (Å²) in [7, 11) is 0. The molecule has 0 saturated heterocycles. The molecule has 194 valence electrons. The number of urea groups is 1. The second-order valence-electron chi connectivity index (χ2n) is 8.22. The van der Waals surface area contributed by atoms with Crippen LogP contribution in [0.2, 0.25) is 5.02 Å². The first kappa shape index (κ1) is 28.7. The molecule has 9 nitrogen and oxygen atoms in total. The number of aromatic carboxylic acids is 1. The first-order valence-corrected chi connectivity index (χ1v) is 12.2. The van der Waals surface area contributed by atoms with E-state index in [2.05, 4.69) is 34.2 Å². The summed E-state index contributed by atoms with van der Waals surface area (Å²) in [5.74, 6) is -3.20. The number of carboxylic acid groups (broad SMARTS) is 1. The number of hydrogen-bond acceptors (Lipinski definition) is 7. The van der Waals surface area contributed by atoms with Crippen molar-refractivity contribution in [3.05, 3.63) is 39.9 Å². The third-order valence-electron chi connectivity index (χ3n) is 4.74. The van der Waals surface area contributed by atoms with E-state index >= 15 is 0 Å². The molecule has 0 aliphatic carbocycles. The molecule has 2 aromatic rings. The van der Waals surface area contributed by atoms with Gasteiger partial charge in [0.05, 0.1) is 11.7 Å². The van der Waals surface area contributed by atoms with Gasteiger partial charge in [0.25, 0.3) is 0 Å². The molecule has 1 aromatic heterocycles. The SMILES string of the molecule is CC(C)CNCC(O)CCCCNC(=O)Nc1snc(OCc2c(F)cc(Cl)cc2F)c1C(=O)O. The fourth-order valence-corrected chi connectivity index (χ4v) is 3.91. The third-order valence-corrected chi connectivity index (χ3v) is 5.71. The molecule has 0 aliphatic rings. The molecule has 13 heteroatoms.